The largest absolute Gasteiger partial charge is 0.339 e. The van der Waals surface area contributed by atoms with E-state index in [0.29, 0.717) is 19.4 Å². The molecule has 1 aliphatic carbocycles. The molecule has 1 saturated heterocycles. The monoisotopic (exact) mass is 316 g/mol. The first kappa shape index (κ1) is 16.7. The fraction of sp³-hybridized carbons (Fsp3) is 0.933. The molecule has 1 saturated carbocycles. The van der Waals surface area contributed by atoms with Crippen molar-refractivity contribution in [2.24, 2.45) is 5.73 Å². The minimum Gasteiger partial charge on any atom is -0.339 e. The van der Waals surface area contributed by atoms with E-state index in [1.54, 1.807) is 4.90 Å². The Morgan fingerprint density at radius 1 is 1.33 bits per heavy atom. The van der Waals surface area contributed by atoms with E-state index in [1.807, 2.05) is 0 Å². The maximum absolute atomic E-state index is 12.7. The minimum absolute atomic E-state index is 0.0509. The molecule has 2 N–H and O–H groups in total. The van der Waals surface area contributed by atoms with Gasteiger partial charge in [-0.1, -0.05) is 26.2 Å². The zero-order valence-electron chi connectivity index (χ0n) is 13.0. The highest BCUT2D eigenvalue weighted by atomic mass is 32.2. The summed E-state index contributed by atoms with van der Waals surface area (Å²) in [6.07, 6.45) is 6.86. The normalized spacial score (nSPS) is 26.9. The zero-order chi connectivity index (χ0) is 15.5. The summed E-state index contributed by atoms with van der Waals surface area (Å²) in [4.78, 5) is 14.5. The molecule has 0 aromatic heterocycles. The molecule has 1 unspecified atom stereocenters. The van der Waals surface area contributed by atoms with Crippen molar-refractivity contribution in [1.82, 2.24) is 4.90 Å². The van der Waals surface area contributed by atoms with Crippen molar-refractivity contribution in [3.8, 4) is 0 Å². The number of carbonyl (C=O) groups excluding carboxylic acids is 1. The van der Waals surface area contributed by atoms with Gasteiger partial charge in [0.2, 0.25) is 5.91 Å². The lowest BCUT2D eigenvalue weighted by molar-refractivity contribution is -0.134. The second-order valence-corrected chi connectivity index (χ2v) is 8.97. The second-order valence-electron chi connectivity index (χ2n) is 6.74. The standard InChI is InChI=1S/C15H28N2O3S/c1-2-3-9-17(13-6-10-21(19,20)12-13)14(18)11-15(16)7-4-5-8-15/h13H,2-12,16H2,1H3. The van der Waals surface area contributed by atoms with Crippen molar-refractivity contribution in [2.75, 3.05) is 18.1 Å². The topological polar surface area (TPSA) is 80.5 Å². The number of nitrogens with two attached hydrogens (primary N) is 1. The molecular weight excluding hydrogens is 288 g/mol. The van der Waals surface area contributed by atoms with Gasteiger partial charge in [0, 0.05) is 24.5 Å². The molecule has 0 aromatic rings. The molecular formula is C15H28N2O3S. The number of rotatable bonds is 6. The number of unbranched alkanes of at least 4 members (excludes halogenated alkanes) is 1. The Kier molecular flexibility index (Phi) is 5.30. The molecule has 0 bridgehead atoms. The summed E-state index contributed by atoms with van der Waals surface area (Å²) in [5.41, 5.74) is 5.95. The first-order valence-electron chi connectivity index (χ1n) is 8.14. The van der Waals surface area contributed by atoms with E-state index in [0.717, 1.165) is 38.5 Å². The molecule has 21 heavy (non-hydrogen) atoms. The molecule has 6 heteroatoms. The maximum atomic E-state index is 12.7. The Bertz CT molecular complexity index is 469. The number of hydrogen-bond donors (Lipinski definition) is 1. The van der Waals surface area contributed by atoms with Crippen LogP contribution in [0.5, 0.6) is 0 Å². The highest BCUT2D eigenvalue weighted by Crippen LogP contribution is 2.31. The molecule has 0 radical (unpaired) electrons. The van der Waals surface area contributed by atoms with Crippen LogP contribution >= 0.6 is 0 Å². The van der Waals surface area contributed by atoms with Crippen LogP contribution in [0.25, 0.3) is 0 Å². The minimum atomic E-state index is -2.97. The van der Waals surface area contributed by atoms with Gasteiger partial charge in [-0.05, 0) is 25.7 Å². The lowest BCUT2D eigenvalue weighted by atomic mass is 9.93. The Morgan fingerprint density at radius 2 is 2.00 bits per heavy atom. The van der Waals surface area contributed by atoms with Crippen molar-refractivity contribution in [3.05, 3.63) is 0 Å². The smallest absolute Gasteiger partial charge is 0.224 e. The van der Waals surface area contributed by atoms with Gasteiger partial charge >= 0.3 is 0 Å². The average Bonchev–Trinajstić information content (AvgIpc) is 2.96. The quantitative estimate of drug-likeness (QED) is 0.804. The van der Waals surface area contributed by atoms with E-state index in [2.05, 4.69) is 6.92 Å². The van der Waals surface area contributed by atoms with Gasteiger partial charge in [-0.15, -0.1) is 0 Å². The van der Waals surface area contributed by atoms with E-state index in [9.17, 15) is 13.2 Å². The van der Waals surface area contributed by atoms with Crippen LogP contribution < -0.4 is 5.73 Å². The fourth-order valence-corrected chi connectivity index (χ4v) is 5.25. The Morgan fingerprint density at radius 3 is 2.52 bits per heavy atom. The highest BCUT2D eigenvalue weighted by molar-refractivity contribution is 7.91. The van der Waals surface area contributed by atoms with Gasteiger partial charge in [-0.3, -0.25) is 4.79 Å². The molecule has 0 spiro atoms. The number of amides is 1. The summed E-state index contributed by atoms with van der Waals surface area (Å²) in [6.45, 7) is 2.74. The first-order valence-corrected chi connectivity index (χ1v) is 9.96. The van der Waals surface area contributed by atoms with Gasteiger partial charge in [0.1, 0.15) is 0 Å². The molecule has 2 rings (SSSR count). The van der Waals surface area contributed by atoms with E-state index < -0.39 is 9.84 Å². The molecule has 1 amide bonds. The van der Waals surface area contributed by atoms with Gasteiger partial charge < -0.3 is 10.6 Å². The van der Waals surface area contributed by atoms with Crippen LogP contribution in [0.4, 0.5) is 0 Å². The van der Waals surface area contributed by atoms with Crippen LogP contribution in [0.1, 0.15) is 58.3 Å². The average molecular weight is 316 g/mol. The van der Waals surface area contributed by atoms with Gasteiger partial charge in [0.05, 0.1) is 11.5 Å². The van der Waals surface area contributed by atoms with Crippen LogP contribution in [0.2, 0.25) is 0 Å². The molecule has 1 aliphatic heterocycles. The van der Waals surface area contributed by atoms with Crippen molar-refractivity contribution in [2.45, 2.75) is 69.9 Å². The van der Waals surface area contributed by atoms with Gasteiger partial charge in [0.25, 0.3) is 0 Å². The maximum Gasteiger partial charge on any atom is 0.224 e. The van der Waals surface area contributed by atoms with Gasteiger partial charge in [-0.25, -0.2) is 8.42 Å². The third-order valence-electron chi connectivity index (χ3n) is 4.82. The second kappa shape index (κ2) is 6.65. The lowest BCUT2D eigenvalue weighted by Gasteiger charge is -2.32. The van der Waals surface area contributed by atoms with Gasteiger partial charge in [-0.2, -0.15) is 0 Å². The van der Waals surface area contributed by atoms with Crippen molar-refractivity contribution < 1.29 is 13.2 Å². The summed E-state index contributed by atoms with van der Waals surface area (Å²) in [5.74, 6) is 0.386. The number of sulfone groups is 1. The van der Waals surface area contributed by atoms with E-state index in [4.69, 9.17) is 5.73 Å². The Labute approximate surface area is 128 Å². The summed E-state index contributed by atoms with van der Waals surface area (Å²) in [6, 6.07) is -0.140. The molecule has 0 aromatic carbocycles. The number of carbonyl (C=O) groups is 1. The van der Waals surface area contributed by atoms with E-state index >= 15 is 0 Å². The van der Waals surface area contributed by atoms with Crippen molar-refractivity contribution in [3.63, 3.8) is 0 Å². The summed E-state index contributed by atoms with van der Waals surface area (Å²) >= 11 is 0. The summed E-state index contributed by atoms with van der Waals surface area (Å²) < 4.78 is 23.4. The number of hydrogen-bond acceptors (Lipinski definition) is 4. The van der Waals surface area contributed by atoms with E-state index in [-0.39, 0.29) is 29.0 Å². The first-order chi connectivity index (χ1) is 9.85. The van der Waals surface area contributed by atoms with E-state index in [1.165, 1.54) is 0 Å². The molecule has 1 atom stereocenters. The Hall–Kier alpha value is -0.620. The lowest BCUT2D eigenvalue weighted by Crippen LogP contribution is -2.47. The fourth-order valence-electron chi connectivity index (χ4n) is 3.52. The molecule has 5 nitrogen and oxygen atoms in total. The van der Waals surface area contributed by atoms with Crippen LogP contribution in [-0.2, 0) is 14.6 Å². The third-order valence-corrected chi connectivity index (χ3v) is 6.58. The van der Waals surface area contributed by atoms with Gasteiger partial charge in [0.15, 0.2) is 9.84 Å². The van der Waals surface area contributed by atoms with Crippen molar-refractivity contribution in [1.29, 1.82) is 0 Å². The van der Waals surface area contributed by atoms with Crippen LogP contribution in [-0.4, -0.2) is 48.9 Å². The van der Waals surface area contributed by atoms with Crippen LogP contribution in [0.3, 0.4) is 0 Å². The van der Waals surface area contributed by atoms with Crippen molar-refractivity contribution >= 4 is 15.7 Å². The van der Waals surface area contributed by atoms with Crippen LogP contribution in [0.15, 0.2) is 0 Å². The summed E-state index contributed by atoms with van der Waals surface area (Å²) in [5, 5.41) is 0. The third kappa shape index (κ3) is 4.42. The predicted octanol–water partition coefficient (Wildman–Crippen LogP) is 1.46. The van der Waals surface area contributed by atoms with Crippen LogP contribution in [0, 0.1) is 0 Å². The summed E-state index contributed by atoms with van der Waals surface area (Å²) in [7, 11) is -2.97. The number of nitrogens with zero attached hydrogens (tertiary/aromatic N) is 1. The highest BCUT2D eigenvalue weighted by Gasteiger charge is 2.38. The molecule has 1 heterocycles. The predicted molar refractivity (Wildman–Crippen MR) is 83.7 cm³/mol. The molecule has 2 aliphatic rings. The molecule has 2 fully saturated rings. The molecule has 122 valence electrons. The SMILES string of the molecule is CCCCN(C(=O)CC1(N)CCCC1)C1CCS(=O)(=O)C1. The Balaban J connectivity index is 2.03. The zero-order valence-corrected chi connectivity index (χ0v) is 13.8.